The molecule has 2 N–H and O–H groups in total. The third kappa shape index (κ3) is 2.62. The maximum atomic E-state index is 11.3. The molecule has 0 fully saturated rings. The number of carboxylic acids is 1. The Morgan fingerprint density at radius 2 is 2.33 bits per heavy atom. The van der Waals surface area contributed by atoms with Crippen molar-refractivity contribution in [3.05, 3.63) is 46.6 Å². The van der Waals surface area contributed by atoms with Gasteiger partial charge in [-0.1, -0.05) is 35.5 Å². The Bertz CT molecular complexity index is 744. The number of carbonyl (C=O) groups is 1. The summed E-state index contributed by atoms with van der Waals surface area (Å²) in [5.74, 6) is -0.633. The van der Waals surface area contributed by atoms with Crippen LogP contribution in [0.2, 0.25) is 5.02 Å². The highest BCUT2D eigenvalue weighted by Crippen LogP contribution is 2.31. The lowest BCUT2D eigenvalue weighted by molar-refractivity contribution is -0.132. The Morgan fingerprint density at radius 3 is 3.00 bits per heavy atom. The summed E-state index contributed by atoms with van der Waals surface area (Å²) >= 11 is 7.41. The van der Waals surface area contributed by atoms with Gasteiger partial charge in [0.15, 0.2) is 0 Å². The van der Waals surface area contributed by atoms with Gasteiger partial charge in [0.2, 0.25) is 11.1 Å². The van der Waals surface area contributed by atoms with Crippen LogP contribution >= 0.6 is 23.4 Å². The molecule has 6 nitrogen and oxygen atoms in total. The Morgan fingerprint density at radius 1 is 1.52 bits per heavy atom. The summed E-state index contributed by atoms with van der Waals surface area (Å²) in [4.78, 5) is 15.5. The zero-order valence-corrected chi connectivity index (χ0v) is 12.5. The molecule has 1 aromatic heterocycles. The summed E-state index contributed by atoms with van der Waals surface area (Å²) in [5.41, 5.74) is 0.925. The maximum Gasteiger partial charge on any atom is 0.352 e. The molecule has 0 aliphatic carbocycles. The molecule has 0 unspecified atom stereocenters. The number of thioether (sulfide) groups is 1. The van der Waals surface area contributed by atoms with Crippen LogP contribution in [0.1, 0.15) is 11.6 Å². The zero-order valence-electron chi connectivity index (χ0n) is 10.9. The number of aliphatic carboxylic acids is 1. The fourth-order valence-electron chi connectivity index (χ4n) is 2.11. The monoisotopic (exact) mass is 322 g/mol. The highest BCUT2D eigenvalue weighted by Gasteiger charge is 2.27. The van der Waals surface area contributed by atoms with Gasteiger partial charge in [-0.05, 0) is 30.0 Å². The van der Waals surface area contributed by atoms with Crippen molar-refractivity contribution in [1.29, 1.82) is 0 Å². The lowest BCUT2D eigenvalue weighted by Gasteiger charge is -2.22. The molecule has 0 bridgehead atoms. The molecule has 1 aliphatic rings. The fraction of sp³-hybridized carbons (Fsp3) is 0.154. The maximum absolute atomic E-state index is 11.3. The third-order valence-corrected chi connectivity index (χ3v) is 3.82. The standard InChI is InChI=1S/C13H11ClN4O2S/c1-21-13-16-12-15-9(11(19)20)6-10(18(12)17-13)7-3-2-4-8(14)5-7/h2-6,10H,1H3,(H,19,20)(H,15,16,17)/t10-/m0/s1. The quantitative estimate of drug-likeness (QED) is 0.846. The van der Waals surface area contributed by atoms with Crippen molar-refractivity contribution < 1.29 is 9.90 Å². The van der Waals surface area contributed by atoms with Gasteiger partial charge < -0.3 is 10.4 Å². The molecule has 0 spiro atoms. The molecular weight excluding hydrogens is 312 g/mol. The summed E-state index contributed by atoms with van der Waals surface area (Å²) in [6.45, 7) is 0. The SMILES string of the molecule is CSc1nc2n(n1)[C@H](c1cccc(Cl)c1)C=C(C(=O)O)N2. The number of nitrogens with zero attached hydrogens (tertiary/aromatic N) is 3. The molecule has 0 radical (unpaired) electrons. The normalized spacial score (nSPS) is 16.9. The molecule has 0 amide bonds. The molecule has 1 aliphatic heterocycles. The molecule has 108 valence electrons. The highest BCUT2D eigenvalue weighted by atomic mass is 35.5. The van der Waals surface area contributed by atoms with E-state index in [9.17, 15) is 9.90 Å². The van der Waals surface area contributed by atoms with Crippen LogP contribution in [0.4, 0.5) is 5.95 Å². The number of halogens is 1. The van der Waals surface area contributed by atoms with Crippen molar-refractivity contribution in [2.75, 3.05) is 11.6 Å². The lowest BCUT2D eigenvalue weighted by atomic mass is 10.0. The van der Waals surface area contributed by atoms with Gasteiger partial charge in [0, 0.05) is 5.02 Å². The van der Waals surface area contributed by atoms with E-state index in [1.807, 2.05) is 18.4 Å². The van der Waals surface area contributed by atoms with Gasteiger partial charge in [0.25, 0.3) is 0 Å². The number of aromatic nitrogens is 3. The molecular formula is C13H11ClN4O2S. The van der Waals surface area contributed by atoms with Gasteiger partial charge in [0.1, 0.15) is 11.7 Å². The van der Waals surface area contributed by atoms with E-state index < -0.39 is 5.97 Å². The molecule has 3 rings (SSSR count). The second-order valence-electron chi connectivity index (χ2n) is 4.38. The van der Waals surface area contributed by atoms with Crippen molar-refractivity contribution in [1.82, 2.24) is 14.8 Å². The van der Waals surface area contributed by atoms with Crippen LogP contribution in [-0.4, -0.2) is 32.1 Å². The first-order valence-corrected chi connectivity index (χ1v) is 7.67. The minimum atomic E-state index is -1.04. The van der Waals surface area contributed by atoms with E-state index in [2.05, 4.69) is 15.4 Å². The Kier molecular flexibility index (Phi) is 3.60. The first-order chi connectivity index (χ1) is 10.1. The van der Waals surface area contributed by atoms with Gasteiger partial charge in [-0.3, -0.25) is 0 Å². The number of nitrogens with one attached hydrogen (secondary N) is 1. The Balaban J connectivity index is 2.12. The molecule has 21 heavy (non-hydrogen) atoms. The number of anilines is 1. The van der Waals surface area contributed by atoms with Crippen molar-refractivity contribution >= 4 is 35.3 Å². The predicted molar refractivity (Wildman–Crippen MR) is 80.7 cm³/mol. The van der Waals surface area contributed by atoms with Crippen molar-refractivity contribution in [3.8, 4) is 0 Å². The summed E-state index contributed by atoms with van der Waals surface area (Å²) in [6.07, 6.45) is 3.46. The highest BCUT2D eigenvalue weighted by molar-refractivity contribution is 7.98. The minimum absolute atomic E-state index is 0.0764. The van der Waals surface area contributed by atoms with Crippen LogP contribution in [0.3, 0.4) is 0 Å². The van der Waals surface area contributed by atoms with Gasteiger partial charge in [-0.25, -0.2) is 9.48 Å². The molecule has 1 atom stereocenters. The van der Waals surface area contributed by atoms with E-state index in [0.29, 0.717) is 16.1 Å². The Hall–Kier alpha value is -1.99. The third-order valence-electron chi connectivity index (χ3n) is 3.05. The molecule has 0 saturated carbocycles. The molecule has 2 heterocycles. The van der Waals surface area contributed by atoms with E-state index in [0.717, 1.165) is 5.56 Å². The van der Waals surface area contributed by atoms with E-state index in [1.54, 1.807) is 22.9 Å². The predicted octanol–water partition coefficient (Wildman–Crippen LogP) is 2.64. The van der Waals surface area contributed by atoms with Gasteiger partial charge in [-0.15, -0.1) is 5.10 Å². The lowest BCUT2D eigenvalue weighted by Crippen LogP contribution is -2.24. The van der Waals surface area contributed by atoms with Crippen LogP contribution in [0.25, 0.3) is 0 Å². The van der Waals surface area contributed by atoms with E-state index in [4.69, 9.17) is 11.6 Å². The van der Waals surface area contributed by atoms with Crippen LogP contribution in [-0.2, 0) is 4.79 Å². The van der Waals surface area contributed by atoms with Crippen LogP contribution in [0, 0.1) is 0 Å². The van der Waals surface area contributed by atoms with Gasteiger partial charge in [-0.2, -0.15) is 4.98 Å². The average molecular weight is 323 g/mol. The summed E-state index contributed by atoms with van der Waals surface area (Å²) in [6, 6.07) is 6.89. The molecule has 0 saturated heterocycles. The number of rotatable bonds is 3. The molecule has 2 aromatic rings. The topological polar surface area (TPSA) is 80.0 Å². The number of hydrogen-bond donors (Lipinski definition) is 2. The number of fused-ring (bicyclic) bond motifs is 1. The average Bonchev–Trinajstić information content (AvgIpc) is 2.89. The largest absolute Gasteiger partial charge is 0.477 e. The number of benzene rings is 1. The second kappa shape index (κ2) is 5.42. The van der Waals surface area contributed by atoms with Crippen LogP contribution in [0.5, 0.6) is 0 Å². The van der Waals surface area contributed by atoms with Gasteiger partial charge in [0.05, 0.1) is 0 Å². The summed E-state index contributed by atoms with van der Waals surface area (Å²) in [7, 11) is 0. The van der Waals surface area contributed by atoms with Crippen molar-refractivity contribution in [3.63, 3.8) is 0 Å². The number of carboxylic acid groups (broad SMARTS) is 1. The fourth-order valence-corrected chi connectivity index (χ4v) is 2.66. The summed E-state index contributed by atoms with van der Waals surface area (Å²) in [5, 5.41) is 17.5. The van der Waals surface area contributed by atoms with Crippen LogP contribution in [0.15, 0.2) is 41.2 Å². The first kappa shape index (κ1) is 14.0. The number of allylic oxidation sites excluding steroid dienone is 1. The van der Waals surface area contributed by atoms with Crippen molar-refractivity contribution in [2.45, 2.75) is 11.2 Å². The van der Waals surface area contributed by atoms with E-state index in [-0.39, 0.29) is 11.7 Å². The summed E-state index contributed by atoms with van der Waals surface area (Å²) < 4.78 is 1.66. The van der Waals surface area contributed by atoms with E-state index in [1.165, 1.54) is 11.8 Å². The molecule has 1 aromatic carbocycles. The molecule has 8 heteroatoms. The smallest absolute Gasteiger partial charge is 0.352 e. The second-order valence-corrected chi connectivity index (χ2v) is 5.59. The Labute approximate surface area is 129 Å². The minimum Gasteiger partial charge on any atom is -0.477 e. The number of hydrogen-bond acceptors (Lipinski definition) is 5. The van der Waals surface area contributed by atoms with Crippen molar-refractivity contribution in [2.24, 2.45) is 0 Å². The van der Waals surface area contributed by atoms with Crippen LogP contribution < -0.4 is 5.32 Å². The first-order valence-electron chi connectivity index (χ1n) is 6.06. The zero-order chi connectivity index (χ0) is 15.0. The van der Waals surface area contributed by atoms with E-state index >= 15 is 0 Å². The van der Waals surface area contributed by atoms with Gasteiger partial charge >= 0.3 is 5.97 Å².